The molecule has 2 N–H and O–H groups in total. The molecular weight excluding hydrogens is 360 g/mol. The molecule has 28 heavy (non-hydrogen) atoms. The molecule has 1 unspecified atom stereocenters. The molecule has 1 saturated heterocycles. The second kappa shape index (κ2) is 7.46. The normalized spacial score (nSPS) is 17.0. The van der Waals surface area contributed by atoms with Crippen molar-refractivity contribution in [3.63, 3.8) is 0 Å². The molecule has 148 valence electrons. The van der Waals surface area contributed by atoms with E-state index in [1.165, 1.54) is 30.9 Å². The van der Waals surface area contributed by atoms with Crippen LogP contribution in [0.3, 0.4) is 0 Å². The number of benzene rings is 1. The number of rotatable bonds is 6. The Labute approximate surface area is 163 Å². The van der Waals surface area contributed by atoms with E-state index in [0.717, 1.165) is 11.1 Å². The van der Waals surface area contributed by atoms with Crippen molar-refractivity contribution < 1.29 is 19.5 Å². The van der Waals surface area contributed by atoms with Crippen LogP contribution < -0.4 is 5.32 Å². The van der Waals surface area contributed by atoms with Crippen molar-refractivity contribution in [1.82, 2.24) is 14.7 Å². The average Bonchev–Trinajstić information content (AvgIpc) is 3.24. The minimum atomic E-state index is -1.23. The van der Waals surface area contributed by atoms with Gasteiger partial charge in [-0.2, -0.15) is 5.10 Å². The molecule has 2 heterocycles. The molecule has 0 spiro atoms. The van der Waals surface area contributed by atoms with Gasteiger partial charge in [0.1, 0.15) is 6.04 Å². The number of aliphatic carboxylic acids is 1. The van der Waals surface area contributed by atoms with Gasteiger partial charge in [0, 0.05) is 19.2 Å². The van der Waals surface area contributed by atoms with E-state index in [0.29, 0.717) is 25.1 Å². The summed E-state index contributed by atoms with van der Waals surface area (Å²) in [7, 11) is 0. The van der Waals surface area contributed by atoms with Gasteiger partial charge in [0.05, 0.1) is 11.9 Å². The van der Waals surface area contributed by atoms with E-state index in [9.17, 15) is 19.5 Å². The van der Waals surface area contributed by atoms with E-state index in [4.69, 9.17) is 0 Å². The van der Waals surface area contributed by atoms with Gasteiger partial charge in [-0.1, -0.05) is 29.8 Å². The molecule has 8 heteroatoms. The first-order valence-electron chi connectivity index (χ1n) is 9.13. The van der Waals surface area contributed by atoms with Crippen LogP contribution in [0, 0.1) is 6.92 Å². The quantitative estimate of drug-likeness (QED) is 0.794. The fourth-order valence-corrected chi connectivity index (χ4v) is 3.11. The van der Waals surface area contributed by atoms with E-state index >= 15 is 0 Å². The molecule has 2 amide bonds. The smallest absolute Gasteiger partial charge is 0.331 e. The predicted octanol–water partition coefficient (Wildman–Crippen LogP) is 2.14. The zero-order valence-corrected chi connectivity index (χ0v) is 16.2. The largest absolute Gasteiger partial charge is 0.479 e. The number of aryl methyl sites for hydroxylation is 1. The summed E-state index contributed by atoms with van der Waals surface area (Å²) in [5, 5.41) is 16.1. The number of amides is 2. The molecule has 1 aliphatic rings. The van der Waals surface area contributed by atoms with Crippen molar-refractivity contribution in [2.24, 2.45) is 0 Å². The van der Waals surface area contributed by atoms with Crippen LogP contribution >= 0.6 is 0 Å². The van der Waals surface area contributed by atoms with E-state index in [-0.39, 0.29) is 11.8 Å². The maximum Gasteiger partial charge on any atom is 0.331 e. The third-order valence-electron chi connectivity index (χ3n) is 5.05. The zero-order valence-electron chi connectivity index (χ0n) is 16.2. The van der Waals surface area contributed by atoms with Crippen molar-refractivity contribution in [2.75, 3.05) is 5.32 Å². The van der Waals surface area contributed by atoms with Gasteiger partial charge in [0.25, 0.3) is 0 Å². The highest BCUT2D eigenvalue weighted by molar-refractivity contribution is 5.98. The van der Waals surface area contributed by atoms with Gasteiger partial charge in [0.2, 0.25) is 11.8 Å². The SMILES string of the molecule is Cc1ccc(CN2C(=O)CCC2C(=O)Nc2cnn(C(C)(C)C(=O)O)c2)cc1. The lowest BCUT2D eigenvalue weighted by Gasteiger charge is -2.24. The Bertz CT molecular complexity index is 901. The van der Waals surface area contributed by atoms with Crippen LogP contribution in [-0.4, -0.2) is 43.6 Å². The van der Waals surface area contributed by atoms with Crippen LogP contribution in [0.25, 0.3) is 0 Å². The number of hydrogen-bond donors (Lipinski definition) is 2. The monoisotopic (exact) mass is 384 g/mol. The summed E-state index contributed by atoms with van der Waals surface area (Å²) in [6.07, 6.45) is 3.66. The van der Waals surface area contributed by atoms with E-state index in [1.807, 2.05) is 31.2 Å². The maximum atomic E-state index is 12.7. The molecule has 8 nitrogen and oxygen atoms in total. The molecule has 1 aromatic heterocycles. The average molecular weight is 384 g/mol. The number of likely N-dealkylation sites (tertiary alicyclic amines) is 1. The number of nitrogens with zero attached hydrogens (tertiary/aromatic N) is 3. The third kappa shape index (κ3) is 3.90. The van der Waals surface area contributed by atoms with Crippen molar-refractivity contribution >= 4 is 23.5 Å². The van der Waals surface area contributed by atoms with Crippen LogP contribution in [0.2, 0.25) is 0 Å². The Kier molecular flexibility index (Phi) is 5.22. The summed E-state index contributed by atoms with van der Waals surface area (Å²) in [5.41, 5.74) is 1.26. The first-order chi connectivity index (χ1) is 13.2. The van der Waals surface area contributed by atoms with Crippen molar-refractivity contribution in [2.45, 2.75) is 51.7 Å². The minimum absolute atomic E-state index is 0.0524. The Hall–Kier alpha value is -3.16. The number of hydrogen-bond acceptors (Lipinski definition) is 4. The van der Waals surface area contributed by atoms with Crippen LogP contribution in [0.1, 0.15) is 37.8 Å². The lowest BCUT2D eigenvalue weighted by molar-refractivity contribution is -0.146. The molecule has 1 fully saturated rings. The summed E-state index contributed by atoms with van der Waals surface area (Å²) in [5.74, 6) is -1.38. The summed E-state index contributed by atoms with van der Waals surface area (Å²) in [6, 6.07) is 7.29. The molecule has 3 rings (SSSR count). The van der Waals surface area contributed by atoms with Gasteiger partial charge >= 0.3 is 5.97 Å². The Morgan fingerprint density at radius 2 is 1.96 bits per heavy atom. The number of nitrogens with one attached hydrogen (secondary N) is 1. The van der Waals surface area contributed by atoms with Crippen molar-refractivity contribution in [3.8, 4) is 0 Å². The van der Waals surface area contributed by atoms with E-state index in [2.05, 4.69) is 10.4 Å². The summed E-state index contributed by atoms with van der Waals surface area (Å²) in [6.45, 7) is 5.41. The molecule has 2 aromatic rings. The van der Waals surface area contributed by atoms with Crippen LogP contribution in [0.4, 0.5) is 5.69 Å². The number of aromatic nitrogens is 2. The summed E-state index contributed by atoms with van der Waals surface area (Å²) >= 11 is 0. The van der Waals surface area contributed by atoms with Gasteiger partial charge in [0.15, 0.2) is 5.54 Å². The van der Waals surface area contributed by atoms with Crippen LogP contribution in [0.5, 0.6) is 0 Å². The molecular formula is C20H24N4O4. The van der Waals surface area contributed by atoms with Crippen LogP contribution in [-0.2, 0) is 26.5 Å². The minimum Gasteiger partial charge on any atom is -0.479 e. The second-order valence-electron chi connectivity index (χ2n) is 7.59. The highest BCUT2D eigenvalue weighted by Gasteiger charge is 2.36. The Morgan fingerprint density at radius 1 is 1.29 bits per heavy atom. The van der Waals surface area contributed by atoms with Gasteiger partial charge in [-0.05, 0) is 32.8 Å². The lowest BCUT2D eigenvalue weighted by atomic mass is 10.1. The lowest BCUT2D eigenvalue weighted by Crippen LogP contribution is -2.41. The molecule has 0 radical (unpaired) electrons. The fraction of sp³-hybridized carbons (Fsp3) is 0.400. The first-order valence-corrected chi connectivity index (χ1v) is 9.13. The summed E-state index contributed by atoms with van der Waals surface area (Å²) in [4.78, 5) is 38.0. The van der Waals surface area contributed by atoms with Gasteiger partial charge in [-0.3, -0.25) is 14.3 Å². The second-order valence-corrected chi connectivity index (χ2v) is 7.59. The van der Waals surface area contributed by atoms with Gasteiger partial charge in [-0.15, -0.1) is 0 Å². The van der Waals surface area contributed by atoms with Gasteiger partial charge in [-0.25, -0.2) is 4.79 Å². The van der Waals surface area contributed by atoms with E-state index in [1.54, 1.807) is 4.90 Å². The molecule has 0 aliphatic carbocycles. The number of carbonyl (C=O) groups is 3. The molecule has 0 saturated carbocycles. The third-order valence-corrected chi connectivity index (χ3v) is 5.05. The number of anilines is 1. The molecule has 0 bridgehead atoms. The zero-order chi connectivity index (χ0) is 20.5. The highest BCUT2D eigenvalue weighted by Crippen LogP contribution is 2.24. The molecule has 1 aliphatic heterocycles. The predicted molar refractivity (Wildman–Crippen MR) is 103 cm³/mol. The highest BCUT2D eigenvalue weighted by atomic mass is 16.4. The molecule has 1 aromatic carbocycles. The van der Waals surface area contributed by atoms with E-state index < -0.39 is 17.6 Å². The summed E-state index contributed by atoms with van der Waals surface area (Å²) < 4.78 is 1.29. The topological polar surface area (TPSA) is 105 Å². The maximum absolute atomic E-state index is 12.7. The van der Waals surface area contributed by atoms with Crippen molar-refractivity contribution in [3.05, 3.63) is 47.8 Å². The number of carbonyl (C=O) groups excluding carboxylic acids is 2. The number of carboxylic acids is 1. The molecule has 1 atom stereocenters. The Balaban J connectivity index is 1.71. The number of carboxylic acid groups (broad SMARTS) is 1. The fourth-order valence-electron chi connectivity index (χ4n) is 3.11. The standard InChI is InChI=1S/C20H24N4O4/c1-13-4-6-14(7-5-13)11-23-16(8-9-17(23)25)18(26)22-15-10-21-24(12-15)20(2,3)19(27)28/h4-7,10,12,16H,8-9,11H2,1-3H3,(H,22,26)(H,27,28). The Morgan fingerprint density at radius 3 is 2.61 bits per heavy atom. The van der Waals surface area contributed by atoms with Gasteiger partial charge < -0.3 is 15.3 Å². The van der Waals surface area contributed by atoms with Crippen molar-refractivity contribution in [1.29, 1.82) is 0 Å². The van der Waals surface area contributed by atoms with Crippen LogP contribution in [0.15, 0.2) is 36.7 Å². The first kappa shape index (κ1) is 19.6.